The first-order chi connectivity index (χ1) is 8.20. The summed E-state index contributed by atoms with van der Waals surface area (Å²) in [7, 11) is 0. The topological polar surface area (TPSA) is 42.2 Å². The Labute approximate surface area is 107 Å². The van der Waals surface area contributed by atoms with Gasteiger partial charge in [-0.2, -0.15) is 0 Å². The molecule has 2 atom stereocenters. The lowest BCUT2D eigenvalue weighted by molar-refractivity contribution is 0.0945. The molecule has 0 saturated heterocycles. The number of carbonyl (C=O) groups is 1. The molecule has 0 spiro atoms. The Balaban J connectivity index is 1.85. The number of aryl methyl sites for hydroxylation is 1. The molecule has 2 rings (SSSR count). The Morgan fingerprint density at radius 1 is 1.59 bits per heavy atom. The molecule has 1 heterocycles. The van der Waals surface area contributed by atoms with Gasteiger partial charge in [0.1, 0.15) is 5.76 Å². The lowest BCUT2D eigenvalue weighted by Gasteiger charge is -2.10. The standard InChI is InChI=1S/C13H18ClNO2/c1-2-12-11(5-6-17-12)13(16)15-8-9-3-4-10(14)7-9/h5-6,9-10H,2-4,7-8H2,1H3,(H,15,16). The molecule has 3 nitrogen and oxygen atoms in total. The summed E-state index contributed by atoms with van der Waals surface area (Å²) in [4.78, 5) is 11.9. The zero-order chi connectivity index (χ0) is 12.3. The van der Waals surface area contributed by atoms with E-state index in [1.54, 1.807) is 12.3 Å². The van der Waals surface area contributed by atoms with E-state index in [0.717, 1.165) is 38.0 Å². The summed E-state index contributed by atoms with van der Waals surface area (Å²) in [6, 6.07) is 1.73. The molecule has 0 bridgehead atoms. The van der Waals surface area contributed by atoms with E-state index in [1.165, 1.54) is 0 Å². The molecule has 17 heavy (non-hydrogen) atoms. The maximum Gasteiger partial charge on any atom is 0.254 e. The lowest BCUT2D eigenvalue weighted by Crippen LogP contribution is -2.28. The van der Waals surface area contributed by atoms with Crippen LogP contribution in [0.15, 0.2) is 16.7 Å². The molecular weight excluding hydrogens is 238 g/mol. The normalized spacial score (nSPS) is 23.9. The van der Waals surface area contributed by atoms with Gasteiger partial charge >= 0.3 is 0 Å². The van der Waals surface area contributed by atoms with Gasteiger partial charge in [-0.05, 0) is 31.2 Å². The van der Waals surface area contributed by atoms with Gasteiger partial charge in [-0.3, -0.25) is 4.79 Å². The van der Waals surface area contributed by atoms with Crippen LogP contribution < -0.4 is 5.32 Å². The Kier molecular flexibility index (Phi) is 4.11. The van der Waals surface area contributed by atoms with E-state index in [0.29, 0.717) is 11.5 Å². The maximum atomic E-state index is 11.9. The second kappa shape index (κ2) is 5.58. The predicted molar refractivity (Wildman–Crippen MR) is 67.4 cm³/mol. The van der Waals surface area contributed by atoms with Gasteiger partial charge < -0.3 is 9.73 Å². The Hall–Kier alpha value is -0.960. The van der Waals surface area contributed by atoms with Crippen molar-refractivity contribution in [2.24, 2.45) is 5.92 Å². The van der Waals surface area contributed by atoms with Crippen LogP contribution in [0.25, 0.3) is 0 Å². The molecule has 94 valence electrons. The number of hydrogen-bond donors (Lipinski definition) is 1. The molecule has 1 amide bonds. The number of halogens is 1. The summed E-state index contributed by atoms with van der Waals surface area (Å²) in [6.07, 6.45) is 5.49. The van der Waals surface area contributed by atoms with Crippen molar-refractivity contribution in [3.8, 4) is 0 Å². The van der Waals surface area contributed by atoms with Crippen molar-refractivity contribution in [3.63, 3.8) is 0 Å². The molecule has 0 aromatic carbocycles. The number of furan rings is 1. The third-order valence-electron chi connectivity index (χ3n) is 3.34. The van der Waals surface area contributed by atoms with Crippen molar-refractivity contribution >= 4 is 17.5 Å². The van der Waals surface area contributed by atoms with Crippen LogP contribution in [0.5, 0.6) is 0 Å². The highest BCUT2D eigenvalue weighted by atomic mass is 35.5. The van der Waals surface area contributed by atoms with Crippen LogP contribution in [0.3, 0.4) is 0 Å². The van der Waals surface area contributed by atoms with Gasteiger partial charge in [0.2, 0.25) is 0 Å². The number of amides is 1. The first kappa shape index (κ1) is 12.5. The number of carbonyl (C=O) groups excluding carboxylic acids is 1. The minimum atomic E-state index is -0.0337. The van der Waals surface area contributed by atoms with E-state index in [-0.39, 0.29) is 11.3 Å². The van der Waals surface area contributed by atoms with Crippen LogP contribution in [0.4, 0.5) is 0 Å². The average Bonchev–Trinajstić information content (AvgIpc) is 2.94. The van der Waals surface area contributed by atoms with E-state index in [2.05, 4.69) is 5.32 Å². The molecule has 0 radical (unpaired) electrons. The highest BCUT2D eigenvalue weighted by Gasteiger charge is 2.23. The summed E-state index contributed by atoms with van der Waals surface area (Å²) in [5, 5.41) is 3.25. The van der Waals surface area contributed by atoms with Gasteiger partial charge in [-0.1, -0.05) is 6.92 Å². The zero-order valence-electron chi connectivity index (χ0n) is 10.0. The molecule has 0 aliphatic heterocycles. The van der Waals surface area contributed by atoms with Crippen molar-refractivity contribution in [1.29, 1.82) is 0 Å². The van der Waals surface area contributed by atoms with Crippen LogP contribution in [-0.4, -0.2) is 17.8 Å². The third-order valence-corrected chi connectivity index (χ3v) is 3.74. The van der Waals surface area contributed by atoms with Crippen molar-refractivity contribution in [2.75, 3.05) is 6.54 Å². The first-order valence-corrected chi connectivity index (χ1v) is 6.63. The smallest absolute Gasteiger partial charge is 0.254 e. The van der Waals surface area contributed by atoms with E-state index in [4.69, 9.17) is 16.0 Å². The highest BCUT2D eigenvalue weighted by Crippen LogP contribution is 2.28. The van der Waals surface area contributed by atoms with Crippen LogP contribution in [0.1, 0.15) is 42.3 Å². The maximum absolute atomic E-state index is 11.9. The molecule has 1 N–H and O–H groups in total. The van der Waals surface area contributed by atoms with Gasteiger partial charge in [0.05, 0.1) is 11.8 Å². The lowest BCUT2D eigenvalue weighted by atomic mass is 10.1. The fourth-order valence-corrected chi connectivity index (χ4v) is 2.73. The molecular formula is C13H18ClNO2. The summed E-state index contributed by atoms with van der Waals surface area (Å²) >= 11 is 6.04. The SMILES string of the molecule is CCc1occc1C(=O)NCC1CCC(Cl)C1. The van der Waals surface area contributed by atoms with Crippen LogP contribution in [0.2, 0.25) is 0 Å². The van der Waals surface area contributed by atoms with Gasteiger partial charge in [-0.25, -0.2) is 0 Å². The number of nitrogens with one attached hydrogen (secondary N) is 1. The van der Waals surface area contributed by atoms with Crippen molar-refractivity contribution in [1.82, 2.24) is 5.32 Å². The largest absolute Gasteiger partial charge is 0.469 e. The Morgan fingerprint density at radius 2 is 2.41 bits per heavy atom. The number of alkyl halides is 1. The van der Waals surface area contributed by atoms with Gasteiger partial charge in [0.25, 0.3) is 5.91 Å². The van der Waals surface area contributed by atoms with Gasteiger partial charge in [0, 0.05) is 18.3 Å². The molecule has 1 saturated carbocycles. The van der Waals surface area contributed by atoms with E-state index in [9.17, 15) is 4.79 Å². The van der Waals surface area contributed by atoms with Gasteiger partial charge in [-0.15, -0.1) is 11.6 Å². The third kappa shape index (κ3) is 3.03. The fourth-order valence-electron chi connectivity index (χ4n) is 2.35. The quantitative estimate of drug-likeness (QED) is 0.841. The molecule has 2 unspecified atom stereocenters. The average molecular weight is 256 g/mol. The van der Waals surface area contributed by atoms with E-state index in [1.807, 2.05) is 6.92 Å². The van der Waals surface area contributed by atoms with Crippen LogP contribution in [-0.2, 0) is 6.42 Å². The molecule has 1 aliphatic rings. The summed E-state index contributed by atoms with van der Waals surface area (Å²) in [5.74, 6) is 1.25. The second-order valence-electron chi connectivity index (χ2n) is 4.60. The Bertz CT molecular complexity index is 389. The van der Waals surface area contributed by atoms with Crippen molar-refractivity contribution in [3.05, 3.63) is 23.7 Å². The van der Waals surface area contributed by atoms with E-state index < -0.39 is 0 Å². The minimum Gasteiger partial charge on any atom is -0.469 e. The number of rotatable bonds is 4. The molecule has 1 fully saturated rings. The van der Waals surface area contributed by atoms with Crippen molar-refractivity contribution in [2.45, 2.75) is 38.0 Å². The zero-order valence-corrected chi connectivity index (χ0v) is 10.8. The summed E-state index contributed by atoms with van der Waals surface area (Å²) in [6.45, 7) is 2.70. The minimum absolute atomic E-state index is 0.0337. The fraction of sp³-hybridized carbons (Fsp3) is 0.615. The molecule has 1 aromatic rings. The monoisotopic (exact) mass is 255 g/mol. The summed E-state index contributed by atoms with van der Waals surface area (Å²) in [5.41, 5.74) is 0.660. The molecule has 1 aliphatic carbocycles. The van der Waals surface area contributed by atoms with Gasteiger partial charge in [0.15, 0.2) is 0 Å². The highest BCUT2D eigenvalue weighted by molar-refractivity contribution is 6.20. The second-order valence-corrected chi connectivity index (χ2v) is 5.21. The summed E-state index contributed by atoms with van der Waals surface area (Å²) < 4.78 is 5.24. The first-order valence-electron chi connectivity index (χ1n) is 6.19. The number of hydrogen-bond acceptors (Lipinski definition) is 2. The molecule has 4 heteroatoms. The van der Waals surface area contributed by atoms with Crippen LogP contribution >= 0.6 is 11.6 Å². The molecule has 1 aromatic heterocycles. The Morgan fingerprint density at radius 3 is 3.06 bits per heavy atom. The van der Waals surface area contributed by atoms with Crippen molar-refractivity contribution < 1.29 is 9.21 Å². The van der Waals surface area contributed by atoms with Crippen LogP contribution in [0, 0.1) is 5.92 Å². The predicted octanol–water partition coefficient (Wildman–Crippen LogP) is 2.98. The van der Waals surface area contributed by atoms with E-state index >= 15 is 0 Å².